The summed E-state index contributed by atoms with van der Waals surface area (Å²) in [5, 5.41) is 0.252. The van der Waals surface area contributed by atoms with Crippen LogP contribution in [0.25, 0.3) is 78.1 Å². The average molecular weight is 764 g/mol. The summed E-state index contributed by atoms with van der Waals surface area (Å²) >= 11 is 0. The number of para-hydroxylation sites is 1. The minimum Gasteiger partial charge on any atom is -0.456 e. The number of benzene rings is 8. The molecular formula is C55H39N3O. The van der Waals surface area contributed by atoms with Crippen molar-refractivity contribution in [3.8, 4) is 56.2 Å². The zero-order valence-corrected chi connectivity index (χ0v) is 32.3. The van der Waals surface area contributed by atoms with E-state index in [0.717, 1.165) is 28.2 Å². The van der Waals surface area contributed by atoms with E-state index in [9.17, 15) is 5.48 Å². The fourth-order valence-electron chi connectivity index (χ4n) is 8.47. The summed E-state index contributed by atoms with van der Waals surface area (Å²) < 4.78 is 62.0. The Kier molecular flexibility index (Phi) is 6.74. The Morgan fingerprint density at radius 2 is 1.10 bits per heavy atom. The van der Waals surface area contributed by atoms with Crippen molar-refractivity contribution in [1.29, 1.82) is 0 Å². The van der Waals surface area contributed by atoms with Crippen LogP contribution in [0.3, 0.4) is 0 Å². The second kappa shape index (κ2) is 13.8. The van der Waals surface area contributed by atoms with Crippen molar-refractivity contribution in [2.24, 2.45) is 0 Å². The van der Waals surface area contributed by atoms with Crippen LogP contribution in [0.1, 0.15) is 33.2 Å². The first kappa shape index (κ1) is 28.8. The van der Waals surface area contributed by atoms with Crippen molar-refractivity contribution in [2.75, 3.05) is 4.90 Å². The predicted octanol–water partition coefficient (Wildman–Crippen LogP) is 14.8. The van der Waals surface area contributed by atoms with Crippen LogP contribution in [0.2, 0.25) is 0 Å². The lowest BCUT2D eigenvalue weighted by Gasteiger charge is -2.28. The molecule has 0 amide bonds. The van der Waals surface area contributed by atoms with Crippen LogP contribution in [0.15, 0.2) is 204 Å². The van der Waals surface area contributed by atoms with Crippen LogP contribution in [0, 0.1) is 0 Å². The molecule has 0 saturated heterocycles. The van der Waals surface area contributed by atoms with Gasteiger partial charge < -0.3 is 9.32 Å². The molecule has 10 aromatic rings. The van der Waals surface area contributed by atoms with Gasteiger partial charge >= 0.3 is 0 Å². The van der Waals surface area contributed by atoms with Gasteiger partial charge in [-0.25, -0.2) is 9.97 Å². The Hall–Kier alpha value is -7.56. The first-order chi connectivity index (χ1) is 31.5. The summed E-state index contributed by atoms with van der Waals surface area (Å²) in [6, 6.07) is 52.3. The molecule has 1 aliphatic carbocycles. The maximum absolute atomic E-state index is 9.57. The molecule has 0 radical (unpaired) electrons. The van der Waals surface area contributed by atoms with E-state index in [-0.39, 0.29) is 74.5 Å². The third-order valence-corrected chi connectivity index (χ3v) is 11.4. The van der Waals surface area contributed by atoms with Gasteiger partial charge in [0.1, 0.15) is 11.2 Å². The average Bonchev–Trinajstić information content (AvgIpc) is 3.85. The second-order valence-corrected chi connectivity index (χ2v) is 15.3. The van der Waals surface area contributed by atoms with Crippen molar-refractivity contribution in [2.45, 2.75) is 19.3 Å². The fraction of sp³-hybridized carbons (Fsp3) is 0.0545. The monoisotopic (exact) mass is 763 g/mol. The third-order valence-electron chi connectivity index (χ3n) is 11.4. The Bertz CT molecular complexity index is 3460. The molecule has 4 heteroatoms. The molecule has 59 heavy (non-hydrogen) atoms. The third kappa shape index (κ3) is 5.92. The van der Waals surface area contributed by atoms with E-state index in [1.165, 1.54) is 22.3 Å². The van der Waals surface area contributed by atoms with Gasteiger partial charge in [-0.2, -0.15) is 0 Å². The van der Waals surface area contributed by atoms with Gasteiger partial charge in [0, 0.05) is 49.9 Å². The number of nitrogens with zero attached hydrogens (tertiary/aromatic N) is 3. The lowest BCUT2D eigenvalue weighted by molar-refractivity contribution is 0.660. The lowest BCUT2D eigenvalue weighted by Crippen LogP contribution is -2.16. The fourth-order valence-corrected chi connectivity index (χ4v) is 8.47. The number of anilines is 3. The molecule has 0 saturated carbocycles. The summed E-state index contributed by atoms with van der Waals surface area (Å²) in [5.74, 6) is 0.105. The molecule has 0 spiro atoms. The van der Waals surface area contributed by atoms with E-state index in [1.54, 1.807) is 0 Å². The summed E-state index contributed by atoms with van der Waals surface area (Å²) in [6.07, 6.45) is 0. The summed E-state index contributed by atoms with van der Waals surface area (Å²) in [5.41, 5.74) is 11.2. The smallest absolute Gasteiger partial charge is 0.161 e. The highest BCUT2D eigenvalue weighted by atomic mass is 16.3. The van der Waals surface area contributed by atoms with E-state index in [0.29, 0.717) is 17.0 Å². The van der Waals surface area contributed by atoms with Gasteiger partial charge in [-0.05, 0) is 94.0 Å². The molecule has 0 atom stereocenters. The van der Waals surface area contributed by atoms with Crippen molar-refractivity contribution in [1.82, 2.24) is 9.97 Å². The van der Waals surface area contributed by atoms with Crippen molar-refractivity contribution in [3.05, 3.63) is 211 Å². The largest absolute Gasteiger partial charge is 0.456 e. The number of aromatic nitrogens is 2. The minimum absolute atomic E-state index is 0.0185. The number of hydrogen-bond donors (Lipinski definition) is 0. The molecule has 0 bridgehead atoms. The molecule has 0 aliphatic heterocycles. The van der Waals surface area contributed by atoms with Gasteiger partial charge in [-0.3, -0.25) is 0 Å². The van der Waals surface area contributed by atoms with Crippen LogP contribution in [0.5, 0.6) is 0 Å². The van der Waals surface area contributed by atoms with E-state index in [2.05, 4.69) is 73.3 Å². The van der Waals surface area contributed by atoms with Gasteiger partial charge in [0.15, 0.2) is 5.82 Å². The Balaban J connectivity index is 1.06. The quantitative estimate of drug-likeness (QED) is 0.162. The molecule has 4 nitrogen and oxygen atoms in total. The van der Waals surface area contributed by atoms with Gasteiger partial charge in [-0.1, -0.05) is 153 Å². The Labute approximate surface area is 352 Å². The summed E-state index contributed by atoms with van der Waals surface area (Å²) in [7, 11) is 0. The highest BCUT2D eigenvalue weighted by Crippen LogP contribution is 2.50. The topological polar surface area (TPSA) is 42.2 Å². The van der Waals surface area contributed by atoms with E-state index >= 15 is 0 Å². The molecular weight excluding hydrogens is 719 g/mol. The SMILES string of the molecule is [2H]c1c([2H])c(-c2nc(-c3ccccc3)cc(-c3ccccc3)n2)c2c(oc3c([2H])c(-c4ccc(N(c5ccccc5)c5ccc6c(c5)C(C)(C)c5ccccc5-6)cc4)c([2H])c([2H])c32)c1[2H]. The van der Waals surface area contributed by atoms with Crippen molar-refractivity contribution >= 4 is 39.0 Å². The minimum atomic E-state index is -0.402. The van der Waals surface area contributed by atoms with Crippen LogP contribution < -0.4 is 4.90 Å². The maximum Gasteiger partial charge on any atom is 0.161 e. The normalized spacial score (nSPS) is 14.1. The standard InChI is InChI=1S/C55H39N3O/c1-55(2)47-23-13-12-21-43(47)44-32-30-42(34-48(44)55)58(40-19-10-5-11-20-40)41-28-25-36(26-29-41)39-27-31-45-52(33-39)59-51-24-14-22-46(53(45)51)54-56-49(37-15-6-3-7-16-37)35-50(57-54)38-17-8-4-9-18-38/h3-35H,1-2H3/i14D,22D,24D,27D,31D,33D. The first-order valence-corrected chi connectivity index (χ1v) is 19.7. The predicted molar refractivity (Wildman–Crippen MR) is 243 cm³/mol. The number of rotatable bonds is 7. The van der Waals surface area contributed by atoms with Gasteiger partial charge in [0.05, 0.1) is 19.6 Å². The van der Waals surface area contributed by atoms with Gasteiger partial charge in [-0.15, -0.1) is 0 Å². The second-order valence-electron chi connectivity index (χ2n) is 15.3. The highest BCUT2D eigenvalue weighted by molar-refractivity contribution is 6.12. The lowest BCUT2D eigenvalue weighted by atomic mass is 9.82. The highest BCUT2D eigenvalue weighted by Gasteiger charge is 2.35. The molecule has 280 valence electrons. The van der Waals surface area contributed by atoms with Crippen molar-refractivity contribution < 1.29 is 12.6 Å². The van der Waals surface area contributed by atoms with Crippen LogP contribution in [0.4, 0.5) is 17.1 Å². The Morgan fingerprint density at radius 3 is 1.81 bits per heavy atom. The molecule has 2 heterocycles. The Morgan fingerprint density at radius 1 is 0.492 bits per heavy atom. The molecule has 2 aromatic heterocycles. The molecule has 11 rings (SSSR count). The first-order valence-electron chi connectivity index (χ1n) is 22.7. The zero-order chi connectivity index (χ0) is 44.7. The van der Waals surface area contributed by atoms with Crippen molar-refractivity contribution in [3.63, 3.8) is 0 Å². The molecule has 0 unspecified atom stereocenters. The van der Waals surface area contributed by atoms with Crippen LogP contribution >= 0.6 is 0 Å². The summed E-state index contributed by atoms with van der Waals surface area (Å²) in [4.78, 5) is 12.1. The number of furan rings is 1. The molecule has 0 N–H and O–H groups in total. The maximum atomic E-state index is 9.57. The van der Waals surface area contributed by atoms with E-state index < -0.39 is 6.04 Å². The summed E-state index contributed by atoms with van der Waals surface area (Å²) in [6.45, 7) is 4.53. The van der Waals surface area contributed by atoms with E-state index in [4.69, 9.17) is 17.1 Å². The number of hydrogen-bond acceptors (Lipinski definition) is 4. The molecule has 8 aromatic carbocycles. The van der Waals surface area contributed by atoms with E-state index in [1.807, 2.05) is 109 Å². The van der Waals surface area contributed by atoms with Gasteiger partial charge in [0.25, 0.3) is 0 Å². The van der Waals surface area contributed by atoms with Crippen LogP contribution in [-0.2, 0) is 5.41 Å². The number of fused-ring (bicyclic) bond motifs is 6. The zero-order valence-electron chi connectivity index (χ0n) is 38.3. The molecule has 0 fully saturated rings. The van der Waals surface area contributed by atoms with Crippen LogP contribution in [-0.4, -0.2) is 9.97 Å². The molecule has 1 aliphatic rings. The van der Waals surface area contributed by atoms with Gasteiger partial charge in [0.2, 0.25) is 0 Å².